The molecule has 60 valence electrons. The van der Waals surface area contributed by atoms with Crippen LogP contribution in [0.3, 0.4) is 0 Å². The Labute approximate surface area is 65.1 Å². The Kier molecular flexibility index (Phi) is 5.91. The maximum atomic E-state index is 5.72. The van der Waals surface area contributed by atoms with Crippen LogP contribution in [0.5, 0.6) is 0 Å². The van der Waals surface area contributed by atoms with E-state index < -0.39 is 0 Å². The van der Waals surface area contributed by atoms with Gasteiger partial charge in [0, 0.05) is 19.7 Å². The Hall–Kier alpha value is 0.0969. The second-order valence-corrected chi connectivity index (χ2v) is 3.62. The summed E-state index contributed by atoms with van der Waals surface area (Å²) >= 11 is 0. The predicted octanol–water partition coefficient (Wildman–Crippen LogP) is -0.263. The Morgan fingerprint density at radius 2 is 2.20 bits per heavy atom. The molecule has 0 aromatic carbocycles. The fourth-order valence-electron chi connectivity index (χ4n) is 0.789. The summed E-state index contributed by atoms with van der Waals surface area (Å²) in [6.07, 6.45) is 1.05. The largest absolute Gasteiger partial charge is 0.420 e. The first-order valence-corrected chi connectivity index (χ1v) is 4.49. The number of hydrogen-bond donors (Lipinski definition) is 2. The van der Waals surface area contributed by atoms with Crippen LogP contribution in [-0.4, -0.2) is 29.5 Å². The van der Waals surface area contributed by atoms with Crippen molar-refractivity contribution in [2.75, 3.05) is 13.7 Å². The molecule has 4 heteroatoms. The molecule has 10 heavy (non-hydrogen) atoms. The number of rotatable bonds is 5. The van der Waals surface area contributed by atoms with Crippen LogP contribution in [0.2, 0.25) is 5.54 Å². The lowest BCUT2D eigenvalue weighted by Gasteiger charge is -2.18. The summed E-state index contributed by atoms with van der Waals surface area (Å²) in [4.78, 5) is 0. The van der Waals surface area contributed by atoms with Gasteiger partial charge < -0.3 is 15.9 Å². The lowest BCUT2D eigenvalue weighted by Crippen LogP contribution is -2.36. The maximum Gasteiger partial charge on any atom is 0.234 e. The van der Waals surface area contributed by atoms with E-state index in [0.29, 0.717) is 21.8 Å². The van der Waals surface area contributed by atoms with E-state index >= 15 is 0 Å². The van der Waals surface area contributed by atoms with E-state index in [0.717, 1.165) is 6.42 Å². The Bertz CT molecular complexity index is 82.1. The van der Waals surface area contributed by atoms with Crippen LogP contribution in [0.1, 0.15) is 13.3 Å². The van der Waals surface area contributed by atoms with Crippen molar-refractivity contribution >= 4 is 9.76 Å². The first kappa shape index (κ1) is 10.1. The second-order valence-electron chi connectivity index (χ2n) is 2.24. The van der Waals surface area contributed by atoms with E-state index in [1.807, 2.05) is 0 Å². The van der Waals surface area contributed by atoms with Crippen LogP contribution in [0.25, 0.3) is 0 Å². The lowest BCUT2D eigenvalue weighted by atomic mass is 10.2. The molecule has 0 fully saturated rings. The fourth-order valence-corrected chi connectivity index (χ4v) is 1.57. The molecule has 0 saturated heterocycles. The molecule has 0 amide bonds. The van der Waals surface area contributed by atoms with Crippen molar-refractivity contribution < 1.29 is 4.43 Å². The summed E-state index contributed by atoms with van der Waals surface area (Å²) in [6.45, 7) is 2.65. The Morgan fingerprint density at radius 3 is 2.50 bits per heavy atom. The molecule has 4 N–H and O–H groups in total. The van der Waals surface area contributed by atoms with Crippen LogP contribution in [0.4, 0.5) is 0 Å². The first-order valence-electron chi connectivity index (χ1n) is 3.50. The quantitative estimate of drug-likeness (QED) is 0.545. The van der Waals surface area contributed by atoms with Crippen molar-refractivity contribution in [2.24, 2.45) is 11.5 Å². The highest BCUT2D eigenvalue weighted by atomic mass is 28.2. The summed E-state index contributed by atoms with van der Waals surface area (Å²) in [5.41, 5.74) is 11.6. The zero-order valence-corrected chi connectivity index (χ0v) is 7.63. The monoisotopic (exact) mass is 160 g/mol. The average Bonchev–Trinajstić information content (AvgIpc) is 1.99. The van der Waals surface area contributed by atoms with Crippen LogP contribution in [0.15, 0.2) is 0 Å². The molecule has 3 nitrogen and oxygen atoms in total. The molecule has 0 aliphatic rings. The molecule has 2 radical (unpaired) electrons. The third-order valence-electron chi connectivity index (χ3n) is 1.50. The Balaban J connectivity index is 3.56. The molecule has 0 aliphatic carbocycles. The molecule has 2 atom stereocenters. The van der Waals surface area contributed by atoms with E-state index in [2.05, 4.69) is 6.92 Å². The summed E-state index contributed by atoms with van der Waals surface area (Å²) < 4.78 is 5.01. The van der Waals surface area contributed by atoms with Gasteiger partial charge >= 0.3 is 0 Å². The van der Waals surface area contributed by atoms with Gasteiger partial charge in [0.05, 0.1) is 0 Å². The van der Waals surface area contributed by atoms with E-state index in [1.165, 1.54) is 0 Å². The van der Waals surface area contributed by atoms with E-state index in [1.54, 1.807) is 7.11 Å². The van der Waals surface area contributed by atoms with E-state index in [4.69, 9.17) is 15.9 Å². The first-order chi connectivity index (χ1) is 4.76. The molecule has 0 rings (SSSR count). The highest BCUT2D eigenvalue weighted by Gasteiger charge is 2.15. The Morgan fingerprint density at radius 1 is 1.60 bits per heavy atom. The van der Waals surface area contributed by atoms with Crippen LogP contribution in [-0.2, 0) is 4.43 Å². The van der Waals surface area contributed by atoms with Gasteiger partial charge in [-0.3, -0.25) is 0 Å². The van der Waals surface area contributed by atoms with E-state index in [9.17, 15) is 0 Å². The third-order valence-corrected chi connectivity index (χ3v) is 2.87. The molecule has 0 aliphatic heterocycles. The smallest absolute Gasteiger partial charge is 0.234 e. The zero-order valence-electron chi connectivity index (χ0n) is 6.63. The standard InChI is InChI=1S/C6H16N2OSi/c1-3-6(10-9-2)5(8)4-7/h5-6H,3-4,7-8H2,1-2H3. The highest BCUT2D eigenvalue weighted by molar-refractivity contribution is 6.29. The van der Waals surface area contributed by atoms with Gasteiger partial charge in [-0.25, -0.2) is 0 Å². The van der Waals surface area contributed by atoms with Gasteiger partial charge in [0.25, 0.3) is 0 Å². The molecule has 0 aromatic rings. The minimum atomic E-state index is 0.100. The summed E-state index contributed by atoms with van der Waals surface area (Å²) in [5, 5.41) is 0. The third kappa shape index (κ3) is 3.31. The summed E-state index contributed by atoms with van der Waals surface area (Å²) in [7, 11) is 2.19. The zero-order chi connectivity index (χ0) is 7.98. The minimum Gasteiger partial charge on any atom is -0.420 e. The van der Waals surface area contributed by atoms with E-state index in [-0.39, 0.29) is 6.04 Å². The molecule has 0 saturated carbocycles. The van der Waals surface area contributed by atoms with Crippen molar-refractivity contribution in [3.63, 3.8) is 0 Å². The van der Waals surface area contributed by atoms with Gasteiger partial charge in [-0.15, -0.1) is 0 Å². The van der Waals surface area contributed by atoms with Gasteiger partial charge in [-0.1, -0.05) is 13.3 Å². The molecule has 0 bridgehead atoms. The summed E-state index contributed by atoms with van der Waals surface area (Å²) in [5.74, 6) is 0. The van der Waals surface area contributed by atoms with Crippen molar-refractivity contribution in [1.29, 1.82) is 0 Å². The highest BCUT2D eigenvalue weighted by Crippen LogP contribution is 2.11. The second kappa shape index (κ2) is 5.85. The van der Waals surface area contributed by atoms with Crippen molar-refractivity contribution in [3.05, 3.63) is 0 Å². The lowest BCUT2D eigenvalue weighted by molar-refractivity contribution is 0.416. The molecular weight excluding hydrogens is 144 g/mol. The van der Waals surface area contributed by atoms with Gasteiger partial charge in [0.15, 0.2) is 0 Å². The van der Waals surface area contributed by atoms with Crippen molar-refractivity contribution in [2.45, 2.75) is 24.9 Å². The molecule has 0 aromatic heterocycles. The molecular formula is C6H16N2OSi. The summed E-state index contributed by atoms with van der Waals surface area (Å²) in [6, 6.07) is 0.100. The fraction of sp³-hybridized carbons (Fsp3) is 1.00. The topological polar surface area (TPSA) is 61.3 Å². The maximum absolute atomic E-state index is 5.72. The minimum absolute atomic E-state index is 0.100. The van der Waals surface area contributed by atoms with Gasteiger partial charge in [0.2, 0.25) is 9.76 Å². The van der Waals surface area contributed by atoms with Crippen molar-refractivity contribution in [1.82, 2.24) is 0 Å². The molecule has 0 spiro atoms. The van der Waals surface area contributed by atoms with Gasteiger partial charge in [-0.05, 0) is 5.54 Å². The molecule has 2 unspecified atom stereocenters. The van der Waals surface area contributed by atoms with Gasteiger partial charge in [0.1, 0.15) is 0 Å². The molecule has 0 heterocycles. The van der Waals surface area contributed by atoms with Crippen LogP contribution >= 0.6 is 0 Å². The average molecular weight is 160 g/mol. The SMILES string of the molecule is CCC([Si]OC)C(N)CN. The number of hydrogen-bond acceptors (Lipinski definition) is 3. The predicted molar refractivity (Wildman–Crippen MR) is 43.8 cm³/mol. The van der Waals surface area contributed by atoms with Crippen LogP contribution in [0, 0.1) is 0 Å². The van der Waals surface area contributed by atoms with Crippen LogP contribution < -0.4 is 11.5 Å². The number of nitrogens with two attached hydrogens (primary N) is 2. The normalized spacial score (nSPS) is 16.8. The van der Waals surface area contributed by atoms with Crippen molar-refractivity contribution in [3.8, 4) is 0 Å². The van der Waals surface area contributed by atoms with Gasteiger partial charge in [-0.2, -0.15) is 0 Å².